The van der Waals surface area contributed by atoms with E-state index in [1.54, 1.807) is 58.3 Å². The maximum absolute atomic E-state index is 13.0. The van der Waals surface area contributed by atoms with Crippen LogP contribution in [0, 0.1) is 25.7 Å². The summed E-state index contributed by atoms with van der Waals surface area (Å²) in [5.41, 5.74) is 5.21. The van der Waals surface area contributed by atoms with E-state index in [0.717, 1.165) is 27.7 Å². The fourth-order valence-electron chi connectivity index (χ4n) is 8.15. The minimum absolute atomic E-state index is 0.0392. The first kappa shape index (κ1) is 45.9. The lowest BCUT2D eigenvalue weighted by molar-refractivity contribution is -0.186. The molecule has 6 aromatic rings. The molecule has 2 aliphatic rings. The van der Waals surface area contributed by atoms with Crippen LogP contribution >= 0.6 is 23.2 Å². The molecular weight excluding hydrogens is 873 g/mol. The molecule has 0 bridgehead atoms. The van der Waals surface area contributed by atoms with E-state index in [2.05, 4.69) is 24.9 Å². The number of aryl methyl sites for hydroxylation is 2. The highest BCUT2D eigenvalue weighted by atomic mass is 35.5. The van der Waals surface area contributed by atoms with Gasteiger partial charge in [-0.05, 0) is 121 Å². The number of nitrogens with zero attached hydrogens (tertiary/aromatic N) is 5. The van der Waals surface area contributed by atoms with Gasteiger partial charge >= 0.3 is 18.4 Å². The zero-order chi connectivity index (χ0) is 45.4. The van der Waals surface area contributed by atoms with Gasteiger partial charge < -0.3 is 19.2 Å². The summed E-state index contributed by atoms with van der Waals surface area (Å²) in [6.07, 6.45) is -1.18. The zero-order valence-corrected chi connectivity index (χ0v) is 36.6. The van der Waals surface area contributed by atoms with Crippen LogP contribution in [0.2, 0.25) is 10.3 Å². The van der Waals surface area contributed by atoms with Crippen LogP contribution in [0.3, 0.4) is 0 Å². The van der Waals surface area contributed by atoms with Crippen LogP contribution in [0.4, 0.5) is 31.1 Å². The Hall–Kier alpha value is -5.09. The Morgan fingerprint density at radius 3 is 1.67 bits per heavy atom. The fraction of sp³-hybridized carbons (Fsp3) is 0.444. The van der Waals surface area contributed by atoms with Crippen molar-refractivity contribution in [2.24, 2.45) is 11.8 Å². The molecule has 6 aromatic heterocycles. The molecule has 0 aliphatic heterocycles. The standard InChI is InChI=1S/C25H27ClF3N3O3.C20H19ClF3N3O/c1-14-11-15(12-20(31-14)34-17-7-5-16(6-8-17)25(27,28)29)18-13-32(23(33)35-24(2,3)4)19-9-10-30-22(26)21(18)19;1-11-8-12(15-10-26-16-6-7-25-19(21)18(15)16)9-17(27-11)28-14-4-2-13(3-5-14)20(22,23)24/h9-13,16-17H,5-8H2,1-4H3;6-10,13-14,26H,2-5H2,1H3. The molecule has 0 radical (unpaired) electrons. The molecular formula is C45H46Cl2F6N6O4. The van der Waals surface area contributed by atoms with Gasteiger partial charge in [-0.15, -0.1) is 0 Å². The normalized spacial score (nSPS) is 19.7. The maximum Gasteiger partial charge on any atom is 0.419 e. The van der Waals surface area contributed by atoms with Crippen molar-refractivity contribution in [1.82, 2.24) is 29.5 Å². The molecule has 0 atom stereocenters. The van der Waals surface area contributed by atoms with Gasteiger partial charge in [-0.25, -0.2) is 24.7 Å². The number of ether oxygens (including phenoxy) is 3. The van der Waals surface area contributed by atoms with E-state index in [9.17, 15) is 31.1 Å². The van der Waals surface area contributed by atoms with E-state index in [-0.39, 0.29) is 43.0 Å². The smallest absolute Gasteiger partial charge is 0.419 e. The summed E-state index contributed by atoms with van der Waals surface area (Å²) in [5, 5.41) is 2.01. The molecule has 0 amide bonds. The number of rotatable bonds is 6. The quantitative estimate of drug-likeness (QED) is 0.130. The molecule has 63 heavy (non-hydrogen) atoms. The number of aromatic nitrogens is 6. The second-order valence-corrected chi connectivity index (χ2v) is 17.8. The largest absolute Gasteiger partial charge is 0.474 e. The number of hydrogen-bond acceptors (Lipinski definition) is 8. The monoisotopic (exact) mass is 918 g/mol. The van der Waals surface area contributed by atoms with Crippen molar-refractivity contribution < 1.29 is 45.3 Å². The van der Waals surface area contributed by atoms with Gasteiger partial charge in [0.05, 0.1) is 22.9 Å². The maximum atomic E-state index is 13.0. The van der Waals surface area contributed by atoms with Crippen LogP contribution in [0.5, 0.6) is 11.8 Å². The predicted molar refractivity (Wildman–Crippen MR) is 228 cm³/mol. The Morgan fingerprint density at radius 1 is 0.698 bits per heavy atom. The van der Waals surface area contributed by atoms with Gasteiger partial charge in [-0.3, -0.25) is 4.57 Å². The Bertz CT molecular complexity index is 2590. The first-order valence-electron chi connectivity index (χ1n) is 20.6. The molecule has 6 heterocycles. The summed E-state index contributed by atoms with van der Waals surface area (Å²) in [4.78, 5) is 33.2. The summed E-state index contributed by atoms with van der Waals surface area (Å²) >= 11 is 12.7. The molecule has 0 saturated heterocycles. The average Bonchev–Trinajstić information content (AvgIpc) is 3.81. The molecule has 8 rings (SSSR count). The molecule has 336 valence electrons. The Balaban J connectivity index is 0.000000193. The van der Waals surface area contributed by atoms with E-state index in [0.29, 0.717) is 70.3 Å². The van der Waals surface area contributed by atoms with Crippen LogP contribution in [0.1, 0.15) is 83.5 Å². The number of carbonyl (C=O) groups is 1. The van der Waals surface area contributed by atoms with E-state index < -0.39 is 35.9 Å². The third-order valence-electron chi connectivity index (χ3n) is 11.1. The number of halogens is 8. The van der Waals surface area contributed by atoms with Gasteiger partial charge in [0.1, 0.15) is 28.1 Å². The number of nitrogens with one attached hydrogen (secondary N) is 1. The lowest BCUT2D eigenvalue weighted by Crippen LogP contribution is -2.32. The minimum Gasteiger partial charge on any atom is -0.474 e. The molecule has 1 N–H and O–H groups in total. The topological polar surface area (TPSA) is 117 Å². The highest BCUT2D eigenvalue weighted by molar-refractivity contribution is 6.36. The van der Waals surface area contributed by atoms with Crippen LogP contribution in [-0.2, 0) is 4.74 Å². The van der Waals surface area contributed by atoms with Crippen LogP contribution in [0.25, 0.3) is 44.1 Å². The molecule has 0 spiro atoms. The summed E-state index contributed by atoms with van der Waals surface area (Å²) < 4.78 is 96.4. The van der Waals surface area contributed by atoms with Gasteiger partial charge in [0.15, 0.2) is 0 Å². The third kappa shape index (κ3) is 11.0. The van der Waals surface area contributed by atoms with Gasteiger partial charge in [0.2, 0.25) is 11.8 Å². The van der Waals surface area contributed by atoms with E-state index in [4.69, 9.17) is 37.4 Å². The van der Waals surface area contributed by atoms with Crippen molar-refractivity contribution in [3.8, 4) is 34.0 Å². The van der Waals surface area contributed by atoms with Crippen LogP contribution in [0.15, 0.2) is 61.2 Å². The second-order valence-electron chi connectivity index (χ2n) is 17.1. The lowest BCUT2D eigenvalue weighted by Gasteiger charge is -2.29. The summed E-state index contributed by atoms with van der Waals surface area (Å²) in [6, 6.07) is 10.8. The van der Waals surface area contributed by atoms with Crippen LogP contribution < -0.4 is 9.47 Å². The van der Waals surface area contributed by atoms with E-state index in [1.807, 2.05) is 31.3 Å². The Labute approximate surface area is 369 Å². The van der Waals surface area contributed by atoms with Crippen LogP contribution in [-0.4, -0.2) is 65.7 Å². The summed E-state index contributed by atoms with van der Waals surface area (Å²) in [6.45, 7) is 8.99. The predicted octanol–water partition coefficient (Wildman–Crippen LogP) is 13.4. The molecule has 2 fully saturated rings. The van der Waals surface area contributed by atoms with Gasteiger partial charge in [-0.2, -0.15) is 26.3 Å². The molecule has 0 unspecified atom stereocenters. The highest BCUT2D eigenvalue weighted by Crippen LogP contribution is 2.42. The van der Waals surface area contributed by atoms with Crippen molar-refractivity contribution in [2.75, 3.05) is 0 Å². The summed E-state index contributed by atoms with van der Waals surface area (Å²) in [7, 11) is 0. The van der Waals surface area contributed by atoms with E-state index >= 15 is 0 Å². The first-order chi connectivity index (χ1) is 29.6. The number of fused-ring (bicyclic) bond motifs is 2. The van der Waals surface area contributed by atoms with Crippen molar-refractivity contribution in [3.63, 3.8) is 0 Å². The SMILES string of the molecule is Cc1cc(-c2c[nH]c3ccnc(Cl)c23)cc(OC2CCC(C(F)(F)F)CC2)n1.Cc1cc(-c2cn(C(=O)OC(C)(C)C)c3ccnc(Cl)c23)cc(OC2CCC(C(F)(F)F)CC2)n1. The number of hydrogen-bond donors (Lipinski definition) is 1. The third-order valence-corrected chi connectivity index (χ3v) is 11.7. The van der Waals surface area contributed by atoms with Crippen molar-refractivity contribution in [2.45, 2.75) is 116 Å². The summed E-state index contributed by atoms with van der Waals surface area (Å²) in [5.74, 6) is -1.78. The fourth-order valence-corrected chi connectivity index (χ4v) is 8.66. The number of alkyl halides is 6. The number of pyridine rings is 4. The Morgan fingerprint density at radius 2 is 1.17 bits per heavy atom. The first-order valence-corrected chi connectivity index (χ1v) is 21.3. The van der Waals surface area contributed by atoms with Crippen molar-refractivity contribution in [3.05, 3.63) is 82.9 Å². The molecule has 10 nitrogen and oxygen atoms in total. The Kier molecular flexibility index (Phi) is 13.3. The molecule has 18 heteroatoms. The lowest BCUT2D eigenvalue weighted by atomic mass is 9.87. The number of aromatic amines is 1. The van der Waals surface area contributed by atoms with Gasteiger partial charge in [0.25, 0.3) is 0 Å². The second kappa shape index (κ2) is 18.2. The molecule has 2 saturated carbocycles. The van der Waals surface area contributed by atoms with Gasteiger partial charge in [-0.1, -0.05) is 23.2 Å². The molecule has 2 aliphatic carbocycles. The number of H-pyrrole nitrogens is 1. The van der Waals surface area contributed by atoms with E-state index in [1.165, 1.54) is 10.8 Å². The minimum atomic E-state index is -4.17. The van der Waals surface area contributed by atoms with Crippen molar-refractivity contribution in [1.29, 1.82) is 0 Å². The number of carbonyl (C=O) groups excluding carboxylic acids is 1. The zero-order valence-electron chi connectivity index (χ0n) is 35.1. The highest BCUT2D eigenvalue weighted by Gasteiger charge is 2.43. The molecule has 0 aromatic carbocycles. The van der Waals surface area contributed by atoms with Crippen molar-refractivity contribution >= 4 is 51.1 Å². The van der Waals surface area contributed by atoms with Gasteiger partial charge in [0, 0.05) is 70.2 Å². The average molecular weight is 920 g/mol.